The van der Waals surface area contributed by atoms with E-state index in [4.69, 9.17) is 0 Å². The molecule has 112 valence electrons. The van der Waals surface area contributed by atoms with Crippen molar-refractivity contribution in [3.63, 3.8) is 0 Å². The quantitative estimate of drug-likeness (QED) is 0.927. The maximum absolute atomic E-state index is 13.5. The summed E-state index contributed by atoms with van der Waals surface area (Å²) in [6, 6.07) is 6.64. The van der Waals surface area contributed by atoms with Crippen molar-refractivity contribution in [2.75, 3.05) is 6.54 Å². The SMILES string of the molecule is O=C1N(CC2CCCC2)C(c2cccc(F)c2)NC12CC2. The molecule has 3 nitrogen and oxygen atoms in total. The minimum atomic E-state index is -0.338. The van der Waals surface area contributed by atoms with Crippen LogP contribution in [0.15, 0.2) is 24.3 Å². The first-order valence-electron chi connectivity index (χ1n) is 8.02. The summed E-state index contributed by atoms with van der Waals surface area (Å²) in [7, 11) is 0. The van der Waals surface area contributed by atoms with Crippen LogP contribution in [0.2, 0.25) is 0 Å². The lowest BCUT2D eigenvalue weighted by molar-refractivity contribution is -0.131. The van der Waals surface area contributed by atoms with Gasteiger partial charge in [0.25, 0.3) is 0 Å². The van der Waals surface area contributed by atoms with Gasteiger partial charge in [-0.1, -0.05) is 25.0 Å². The molecule has 2 aliphatic carbocycles. The molecule has 0 aromatic heterocycles. The highest BCUT2D eigenvalue weighted by atomic mass is 19.1. The zero-order valence-corrected chi connectivity index (χ0v) is 12.1. The second-order valence-electron chi connectivity index (χ2n) is 6.79. The molecule has 1 aliphatic heterocycles. The zero-order chi connectivity index (χ0) is 14.4. The molecular formula is C17H21FN2O. The Hall–Kier alpha value is -1.42. The van der Waals surface area contributed by atoms with Gasteiger partial charge in [-0.2, -0.15) is 0 Å². The summed E-state index contributed by atoms with van der Waals surface area (Å²) < 4.78 is 13.5. The normalized spacial score (nSPS) is 27.8. The van der Waals surface area contributed by atoms with Crippen molar-refractivity contribution in [2.45, 2.75) is 50.2 Å². The van der Waals surface area contributed by atoms with Crippen molar-refractivity contribution in [1.82, 2.24) is 10.2 Å². The van der Waals surface area contributed by atoms with E-state index in [2.05, 4.69) is 5.32 Å². The number of nitrogens with one attached hydrogen (secondary N) is 1. The fourth-order valence-electron chi connectivity index (χ4n) is 3.88. The van der Waals surface area contributed by atoms with E-state index < -0.39 is 0 Å². The zero-order valence-electron chi connectivity index (χ0n) is 12.1. The average Bonchev–Trinajstić information content (AvgIpc) is 2.98. The van der Waals surface area contributed by atoms with E-state index >= 15 is 0 Å². The maximum atomic E-state index is 13.5. The third kappa shape index (κ3) is 2.26. The fraction of sp³-hybridized carbons (Fsp3) is 0.588. The van der Waals surface area contributed by atoms with Gasteiger partial charge in [0.15, 0.2) is 0 Å². The van der Waals surface area contributed by atoms with E-state index in [9.17, 15) is 9.18 Å². The number of nitrogens with zero attached hydrogens (tertiary/aromatic N) is 1. The number of carbonyl (C=O) groups is 1. The third-order valence-corrected chi connectivity index (χ3v) is 5.24. The van der Waals surface area contributed by atoms with E-state index in [0.29, 0.717) is 5.92 Å². The van der Waals surface area contributed by atoms with Gasteiger partial charge in [0.1, 0.15) is 17.5 Å². The van der Waals surface area contributed by atoms with Crippen LogP contribution in [0.5, 0.6) is 0 Å². The molecule has 0 radical (unpaired) electrons. The van der Waals surface area contributed by atoms with Crippen molar-refractivity contribution in [3.05, 3.63) is 35.6 Å². The molecule has 3 fully saturated rings. The highest BCUT2D eigenvalue weighted by molar-refractivity contribution is 5.92. The van der Waals surface area contributed by atoms with Crippen molar-refractivity contribution in [1.29, 1.82) is 0 Å². The number of amides is 1. The largest absolute Gasteiger partial charge is 0.321 e. The van der Waals surface area contributed by atoms with Crippen LogP contribution in [0.3, 0.4) is 0 Å². The third-order valence-electron chi connectivity index (χ3n) is 5.24. The topological polar surface area (TPSA) is 32.3 Å². The van der Waals surface area contributed by atoms with Crippen LogP contribution in [0, 0.1) is 11.7 Å². The lowest BCUT2D eigenvalue weighted by Crippen LogP contribution is -2.35. The van der Waals surface area contributed by atoms with E-state index in [1.165, 1.54) is 31.7 Å². The highest BCUT2D eigenvalue weighted by Crippen LogP contribution is 2.46. The molecule has 21 heavy (non-hydrogen) atoms. The number of hydrogen-bond donors (Lipinski definition) is 1. The molecule has 1 N–H and O–H groups in total. The Bertz CT molecular complexity index is 564. The second-order valence-corrected chi connectivity index (χ2v) is 6.79. The summed E-state index contributed by atoms with van der Waals surface area (Å²) >= 11 is 0. The van der Waals surface area contributed by atoms with Crippen LogP contribution in [0.4, 0.5) is 4.39 Å². The van der Waals surface area contributed by atoms with E-state index in [-0.39, 0.29) is 23.4 Å². The van der Waals surface area contributed by atoms with Crippen molar-refractivity contribution < 1.29 is 9.18 Å². The molecule has 1 heterocycles. The summed E-state index contributed by atoms with van der Waals surface area (Å²) in [6.07, 6.45) is 6.65. The van der Waals surface area contributed by atoms with Crippen molar-refractivity contribution >= 4 is 5.91 Å². The lowest BCUT2D eigenvalue weighted by Gasteiger charge is -2.27. The molecule has 1 saturated heterocycles. The van der Waals surface area contributed by atoms with Gasteiger partial charge in [0.2, 0.25) is 5.91 Å². The first-order valence-corrected chi connectivity index (χ1v) is 8.02. The minimum Gasteiger partial charge on any atom is -0.321 e. The summed E-state index contributed by atoms with van der Waals surface area (Å²) in [6.45, 7) is 0.814. The maximum Gasteiger partial charge on any atom is 0.244 e. The average molecular weight is 288 g/mol. The smallest absolute Gasteiger partial charge is 0.244 e. The lowest BCUT2D eigenvalue weighted by atomic mass is 10.1. The van der Waals surface area contributed by atoms with Gasteiger partial charge < -0.3 is 4.90 Å². The van der Waals surface area contributed by atoms with Crippen LogP contribution in [-0.4, -0.2) is 22.9 Å². The number of rotatable bonds is 3. The van der Waals surface area contributed by atoms with E-state index in [0.717, 1.165) is 24.9 Å². The van der Waals surface area contributed by atoms with Crippen molar-refractivity contribution in [3.8, 4) is 0 Å². The van der Waals surface area contributed by atoms with Gasteiger partial charge >= 0.3 is 0 Å². The molecule has 1 unspecified atom stereocenters. The fourth-order valence-corrected chi connectivity index (χ4v) is 3.88. The molecule has 4 rings (SSSR count). The standard InChI is InChI=1S/C17H21FN2O/c18-14-7-3-6-13(10-14)15-19-17(8-9-17)16(21)20(15)11-12-4-1-2-5-12/h3,6-7,10,12,15,19H,1-2,4-5,8-9,11H2. The first kappa shape index (κ1) is 13.3. The molecule has 3 aliphatic rings. The summed E-state index contributed by atoms with van der Waals surface area (Å²) in [5, 5.41) is 3.47. The van der Waals surface area contributed by atoms with Crippen LogP contribution >= 0.6 is 0 Å². The summed E-state index contributed by atoms with van der Waals surface area (Å²) in [4.78, 5) is 14.7. The molecule has 1 spiro atoms. The molecule has 4 heteroatoms. The Labute approximate surface area is 124 Å². The van der Waals surface area contributed by atoms with Crippen LogP contribution < -0.4 is 5.32 Å². The van der Waals surface area contributed by atoms with Crippen molar-refractivity contribution in [2.24, 2.45) is 5.92 Å². The van der Waals surface area contributed by atoms with Crippen LogP contribution in [0.1, 0.15) is 50.3 Å². The molecule has 1 aromatic rings. The number of hydrogen-bond acceptors (Lipinski definition) is 2. The number of benzene rings is 1. The number of halogens is 1. The van der Waals surface area contributed by atoms with Gasteiger partial charge in [-0.25, -0.2) is 4.39 Å². The molecule has 1 amide bonds. The van der Waals surface area contributed by atoms with Gasteiger partial charge in [0, 0.05) is 6.54 Å². The van der Waals surface area contributed by atoms with E-state index in [1.54, 1.807) is 12.1 Å². The molecule has 2 saturated carbocycles. The summed E-state index contributed by atoms with van der Waals surface area (Å²) in [5.74, 6) is 0.601. The number of carbonyl (C=O) groups excluding carboxylic acids is 1. The predicted molar refractivity (Wildman–Crippen MR) is 77.9 cm³/mol. The Kier molecular flexibility index (Phi) is 3.03. The molecular weight excluding hydrogens is 267 g/mol. The predicted octanol–water partition coefficient (Wildman–Crippen LogP) is 2.98. The minimum absolute atomic E-state index is 0.156. The summed E-state index contributed by atoms with van der Waals surface area (Å²) in [5.41, 5.74) is 0.528. The van der Waals surface area contributed by atoms with Gasteiger partial charge in [-0.3, -0.25) is 10.1 Å². The van der Waals surface area contributed by atoms with Gasteiger partial charge in [0.05, 0.1) is 0 Å². The van der Waals surface area contributed by atoms with Gasteiger partial charge in [-0.05, 0) is 49.3 Å². The Balaban J connectivity index is 1.61. The molecule has 1 atom stereocenters. The Morgan fingerprint density at radius 1 is 1.29 bits per heavy atom. The second kappa shape index (κ2) is 4.80. The van der Waals surface area contributed by atoms with Gasteiger partial charge in [-0.15, -0.1) is 0 Å². The monoisotopic (exact) mass is 288 g/mol. The van der Waals surface area contributed by atoms with Crippen LogP contribution in [-0.2, 0) is 4.79 Å². The Morgan fingerprint density at radius 3 is 2.71 bits per heavy atom. The molecule has 1 aromatic carbocycles. The van der Waals surface area contributed by atoms with Crippen LogP contribution in [0.25, 0.3) is 0 Å². The highest BCUT2D eigenvalue weighted by Gasteiger charge is 2.59. The first-order chi connectivity index (χ1) is 10.2. The Morgan fingerprint density at radius 2 is 2.05 bits per heavy atom. The molecule has 0 bridgehead atoms. The van der Waals surface area contributed by atoms with E-state index in [1.807, 2.05) is 11.0 Å².